The van der Waals surface area contributed by atoms with Gasteiger partial charge in [-0.2, -0.15) is 0 Å². The van der Waals surface area contributed by atoms with Crippen molar-refractivity contribution in [3.05, 3.63) is 64.9 Å². The van der Waals surface area contributed by atoms with Gasteiger partial charge in [-0.05, 0) is 65.0 Å². The Labute approximate surface area is 188 Å². The maximum absolute atomic E-state index is 13.2. The molecule has 164 valence electrons. The van der Waals surface area contributed by atoms with Gasteiger partial charge in [0.2, 0.25) is 5.91 Å². The summed E-state index contributed by atoms with van der Waals surface area (Å²) in [5.74, 6) is 0.408. The molecule has 3 rings (SSSR count). The van der Waals surface area contributed by atoms with Crippen molar-refractivity contribution in [3.8, 4) is 0 Å². The zero-order chi connectivity index (χ0) is 22.7. The van der Waals surface area contributed by atoms with E-state index in [1.54, 1.807) is 24.3 Å². The molecular formula is C24H29ClN4O2. The predicted molar refractivity (Wildman–Crippen MR) is 124 cm³/mol. The van der Waals surface area contributed by atoms with Crippen molar-refractivity contribution in [1.82, 2.24) is 19.8 Å². The second-order valence-corrected chi connectivity index (χ2v) is 8.68. The van der Waals surface area contributed by atoms with Crippen molar-refractivity contribution in [2.75, 3.05) is 0 Å². The number of nitrogens with one attached hydrogen (secondary N) is 1. The van der Waals surface area contributed by atoms with Crippen LogP contribution in [-0.2, 0) is 11.3 Å². The molecule has 3 aromatic rings. The van der Waals surface area contributed by atoms with Crippen molar-refractivity contribution in [2.24, 2.45) is 0 Å². The highest BCUT2D eigenvalue weighted by molar-refractivity contribution is 6.30. The summed E-state index contributed by atoms with van der Waals surface area (Å²) in [5, 5.41) is 3.48. The third kappa shape index (κ3) is 5.07. The summed E-state index contributed by atoms with van der Waals surface area (Å²) in [6, 6.07) is 14.3. The number of fused-ring (bicyclic) bond motifs is 1. The first kappa shape index (κ1) is 22.8. The van der Waals surface area contributed by atoms with Crippen LogP contribution >= 0.6 is 11.6 Å². The molecular weight excluding hydrogens is 412 g/mol. The number of halogens is 1. The lowest BCUT2D eigenvalue weighted by atomic mass is 10.2. The number of nitrogens with zero attached hydrogens (tertiary/aromatic N) is 3. The molecule has 1 heterocycles. The maximum Gasteiger partial charge on any atom is 0.251 e. The number of carbonyl (C=O) groups is 2. The minimum atomic E-state index is -0.404. The number of hydrogen-bond acceptors (Lipinski definition) is 3. The minimum absolute atomic E-state index is 0.0165. The quantitative estimate of drug-likeness (QED) is 0.572. The Morgan fingerprint density at radius 3 is 2.35 bits per heavy atom. The van der Waals surface area contributed by atoms with Gasteiger partial charge in [-0.3, -0.25) is 9.59 Å². The molecule has 0 aliphatic rings. The first-order chi connectivity index (χ1) is 14.7. The highest BCUT2D eigenvalue weighted by atomic mass is 35.5. The highest BCUT2D eigenvalue weighted by Crippen LogP contribution is 2.22. The van der Waals surface area contributed by atoms with E-state index in [0.717, 1.165) is 11.0 Å². The third-order valence-corrected chi connectivity index (χ3v) is 5.43. The lowest BCUT2D eigenvalue weighted by molar-refractivity contribution is -0.135. The Hall–Kier alpha value is -2.86. The normalized spacial score (nSPS) is 12.4. The van der Waals surface area contributed by atoms with Crippen LogP contribution in [0, 0.1) is 0 Å². The summed E-state index contributed by atoms with van der Waals surface area (Å²) in [4.78, 5) is 32.5. The molecule has 0 bridgehead atoms. The van der Waals surface area contributed by atoms with Crippen LogP contribution in [0.3, 0.4) is 0 Å². The number of aromatic nitrogens is 2. The molecule has 2 amide bonds. The van der Waals surface area contributed by atoms with E-state index >= 15 is 0 Å². The molecule has 0 aliphatic heterocycles. The van der Waals surface area contributed by atoms with Crippen LogP contribution in [-0.4, -0.2) is 38.3 Å². The van der Waals surface area contributed by atoms with E-state index < -0.39 is 6.04 Å². The topological polar surface area (TPSA) is 67.2 Å². The summed E-state index contributed by atoms with van der Waals surface area (Å²) >= 11 is 6.02. The molecule has 0 aliphatic carbocycles. The van der Waals surface area contributed by atoms with Crippen LogP contribution in [0.2, 0.25) is 5.02 Å². The standard InChI is InChI=1S/C24H29ClN4O2/c1-15(2)29(16(3)4)22(30)14-28-21-12-7-6-11-20(21)27-23(28)17(5)26-24(31)18-9-8-10-19(25)13-18/h6-13,15-17H,14H2,1-5H3,(H,26,31). The predicted octanol–water partition coefficient (Wildman–Crippen LogP) is 4.83. The Kier molecular flexibility index (Phi) is 7.01. The lowest BCUT2D eigenvalue weighted by Gasteiger charge is -2.31. The summed E-state index contributed by atoms with van der Waals surface area (Å²) in [5.41, 5.74) is 2.13. The molecule has 31 heavy (non-hydrogen) atoms. The average Bonchev–Trinajstić information content (AvgIpc) is 3.06. The van der Waals surface area contributed by atoms with Gasteiger partial charge in [-0.25, -0.2) is 4.98 Å². The molecule has 0 spiro atoms. The van der Waals surface area contributed by atoms with E-state index in [1.807, 2.05) is 68.4 Å². The first-order valence-electron chi connectivity index (χ1n) is 10.5. The van der Waals surface area contributed by atoms with Crippen LogP contribution in [0.25, 0.3) is 11.0 Å². The van der Waals surface area contributed by atoms with Gasteiger partial charge in [0, 0.05) is 22.7 Å². The van der Waals surface area contributed by atoms with E-state index in [4.69, 9.17) is 16.6 Å². The minimum Gasteiger partial charge on any atom is -0.342 e. The average molecular weight is 441 g/mol. The number of para-hydroxylation sites is 2. The van der Waals surface area contributed by atoms with Crippen molar-refractivity contribution >= 4 is 34.4 Å². The first-order valence-corrected chi connectivity index (χ1v) is 10.9. The van der Waals surface area contributed by atoms with Crippen LogP contribution in [0.4, 0.5) is 0 Å². The Morgan fingerprint density at radius 2 is 1.71 bits per heavy atom. The number of hydrogen-bond donors (Lipinski definition) is 1. The van der Waals surface area contributed by atoms with E-state index in [-0.39, 0.29) is 30.4 Å². The molecule has 6 nitrogen and oxygen atoms in total. The van der Waals surface area contributed by atoms with Crippen LogP contribution < -0.4 is 5.32 Å². The van der Waals surface area contributed by atoms with Crippen molar-refractivity contribution in [1.29, 1.82) is 0 Å². The van der Waals surface area contributed by atoms with Crippen LogP contribution in [0.15, 0.2) is 48.5 Å². The Morgan fingerprint density at radius 1 is 1.03 bits per heavy atom. The number of amides is 2. The van der Waals surface area contributed by atoms with Crippen molar-refractivity contribution < 1.29 is 9.59 Å². The van der Waals surface area contributed by atoms with E-state index in [0.29, 0.717) is 16.4 Å². The highest BCUT2D eigenvalue weighted by Gasteiger charge is 2.25. The van der Waals surface area contributed by atoms with Crippen molar-refractivity contribution in [3.63, 3.8) is 0 Å². The van der Waals surface area contributed by atoms with Crippen LogP contribution in [0.5, 0.6) is 0 Å². The molecule has 1 aromatic heterocycles. The fraction of sp³-hybridized carbons (Fsp3) is 0.375. The third-order valence-electron chi connectivity index (χ3n) is 5.20. The van der Waals surface area contributed by atoms with E-state index in [9.17, 15) is 9.59 Å². The number of carbonyl (C=O) groups excluding carboxylic acids is 2. The summed E-state index contributed by atoms with van der Waals surface area (Å²) in [7, 11) is 0. The number of imidazole rings is 1. The zero-order valence-electron chi connectivity index (χ0n) is 18.6. The maximum atomic E-state index is 13.2. The van der Waals surface area contributed by atoms with E-state index in [2.05, 4.69) is 5.32 Å². The molecule has 0 saturated heterocycles. The van der Waals surface area contributed by atoms with Gasteiger partial charge < -0.3 is 14.8 Å². The molecule has 0 radical (unpaired) electrons. The van der Waals surface area contributed by atoms with Gasteiger partial charge in [0.05, 0.1) is 17.1 Å². The SMILES string of the molecule is CC(NC(=O)c1cccc(Cl)c1)c1nc2ccccc2n1CC(=O)N(C(C)C)C(C)C. The van der Waals surface area contributed by atoms with E-state index in [1.165, 1.54) is 0 Å². The zero-order valence-corrected chi connectivity index (χ0v) is 19.3. The Balaban J connectivity index is 1.93. The molecule has 0 fully saturated rings. The molecule has 0 saturated carbocycles. The van der Waals surface area contributed by atoms with Gasteiger partial charge in [0.15, 0.2) is 0 Å². The largest absolute Gasteiger partial charge is 0.342 e. The van der Waals surface area contributed by atoms with Crippen LogP contribution in [0.1, 0.15) is 56.8 Å². The Bertz CT molecular complexity index is 1080. The molecule has 1 atom stereocenters. The van der Waals surface area contributed by atoms with Gasteiger partial charge in [0.1, 0.15) is 12.4 Å². The molecule has 1 unspecified atom stereocenters. The van der Waals surface area contributed by atoms with Gasteiger partial charge in [0.25, 0.3) is 5.91 Å². The smallest absolute Gasteiger partial charge is 0.251 e. The monoisotopic (exact) mass is 440 g/mol. The molecule has 2 aromatic carbocycles. The second-order valence-electron chi connectivity index (χ2n) is 8.24. The molecule has 1 N–H and O–H groups in total. The summed E-state index contributed by atoms with van der Waals surface area (Å²) in [6.07, 6.45) is 0. The number of benzene rings is 2. The fourth-order valence-electron chi connectivity index (χ4n) is 3.95. The molecule has 7 heteroatoms. The van der Waals surface area contributed by atoms with Gasteiger partial charge in [-0.15, -0.1) is 0 Å². The lowest BCUT2D eigenvalue weighted by Crippen LogP contribution is -2.44. The van der Waals surface area contributed by atoms with Gasteiger partial charge in [-0.1, -0.05) is 29.8 Å². The van der Waals surface area contributed by atoms with Gasteiger partial charge >= 0.3 is 0 Å². The van der Waals surface area contributed by atoms with Crippen molar-refractivity contribution in [2.45, 2.75) is 59.3 Å². The summed E-state index contributed by atoms with van der Waals surface area (Å²) < 4.78 is 1.90. The second kappa shape index (κ2) is 9.52. The fourth-order valence-corrected chi connectivity index (χ4v) is 4.14. The summed E-state index contributed by atoms with van der Waals surface area (Å²) in [6.45, 7) is 10.1. The number of rotatable bonds is 7.